The largest absolute Gasteiger partial charge is 0.573 e. The van der Waals surface area contributed by atoms with Gasteiger partial charge >= 0.3 is 18.5 Å². The van der Waals surface area contributed by atoms with Gasteiger partial charge in [-0.3, -0.25) is 9.78 Å². The van der Waals surface area contributed by atoms with Gasteiger partial charge in [-0.05, 0) is 12.5 Å². The number of esters is 1. The van der Waals surface area contributed by atoms with Crippen molar-refractivity contribution in [1.82, 2.24) is 4.98 Å². The van der Waals surface area contributed by atoms with E-state index in [4.69, 9.17) is 5.73 Å². The second-order valence-corrected chi connectivity index (χ2v) is 4.17. The van der Waals surface area contributed by atoms with E-state index in [1.165, 1.54) is 6.92 Å². The molecule has 0 aromatic carbocycles. The van der Waals surface area contributed by atoms with Gasteiger partial charge < -0.3 is 15.2 Å². The van der Waals surface area contributed by atoms with Crippen molar-refractivity contribution >= 4 is 5.97 Å². The molecule has 5 nitrogen and oxygen atoms in total. The Bertz CT molecular complexity index is 571. The first-order chi connectivity index (χ1) is 10.5. The van der Waals surface area contributed by atoms with Gasteiger partial charge in [0.05, 0.1) is 18.7 Å². The molecule has 0 aliphatic rings. The maximum absolute atomic E-state index is 13.2. The zero-order valence-electron chi connectivity index (χ0n) is 11.7. The molecule has 0 spiro atoms. The average molecular weight is 346 g/mol. The summed E-state index contributed by atoms with van der Waals surface area (Å²) < 4.78 is 84.6. The predicted molar refractivity (Wildman–Crippen MR) is 64.2 cm³/mol. The van der Waals surface area contributed by atoms with Gasteiger partial charge in [0.2, 0.25) is 0 Å². The molecule has 1 heterocycles. The van der Waals surface area contributed by atoms with Crippen LogP contribution < -0.4 is 10.5 Å². The molecule has 0 fully saturated rings. The summed E-state index contributed by atoms with van der Waals surface area (Å²) in [7, 11) is 0. The predicted octanol–water partition coefficient (Wildman–Crippen LogP) is 2.56. The number of ether oxygens (including phenoxy) is 2. The third-order valence-electron chi connectivity index (χ3n) is 2.52. The molecule has 0 unspecified atom stereocenters. The third kappa shape index (κ3) is 5.27. The zero-order valence-corrected chi connectivity index (χ0v) is 11.7. The maximum atomic E-state index is 13.2. The van der Waals surface area contributed by atoms with E-state index in [1.54, 1.807) is 0 Å². The molecule has 0 saturated heterocycles. The first-order valence-corrected chi connectivity index (χ1v) is 6.19. The van der Waals surface area contributed by atoms with Crippen LogP contribution in [0.3, 0.4) is 0 Å². The van der Waals surface area contributed by atoms with Gasteiger partial charge in [-0.1, -0.05) is 0 Å². The van der Waals surface area contributed by atoms with Crippen molar-refractivity contribution in [1.29, 1.82) is 0 Å². The van der Waals surface area contributed by atoms with Crippen LogP contribution >= 0.6 is 0 Å². The van der Waals surface area contributed by atoms with Crippen molar-refractivity contribution < 1.29 is 40.6 Å². The lowest BCUT2D eigenvalue weighted by Gasteiger charge is -2.20. The van der Waals surface area contributed by atoms with Gasteiger partial charge in [-0.2, -0.15) is 13.2 Å². The Labute approximate surface area is 126 Å². The first kappa shape index (κ1) is 19.0. The Balaban J connectivity index is 3.47. The summed E-state index contributed by atoms with van der Waals surface area (Å²) in [4.78, 5) is 14.7. The van der Waals surface area contributed by atoms with Crippen LogP contribution in [-0.2, 0) is 28.7 Å². The van der Waals surface area contributed by atoms with Gasteiger partial charge in [0.15, 0.2) is 5.75 Å². The molecule has 11 heteroatoms. The summed E-state index contributed by atoms with van der Waals surface area (Å²) in [6.07, 6.45) is -10.9. The van der Waals surface area contributed by atoms with Gasteiger partial charge in [-0.15, -0.1) is 13.2 Å². The molecular formula is C12H12F6N2O3. The van der Waals surface area contributed by atoms with Crippen LogP contribution in [0.2, 0.25) is 0 Å². The summed E-state index contributed by atoms with van der Waals surface area (Å²) in [6.45, 7) is 0.616. The monoisotopic (exact) mass is 346 g/mol. The molecule has 2 N–H and O–H groups in total. The summed E-state index contributed by atoms with van der Waals surface area (Å²) in [6, 6.07) is 0. The molecule has 130 valence electrons. The summed E-state index contributed by atoms with van der Waals surface area (Å²) >= 11 is 0. The van der Waals surface area contributed by atoms with Crippen molar-refractivity contribution in [2.45, 2.75) is 32.4 Å². The van der Waals surface area contributed by atoms with E-state index >= 15 is 0 Å². The lowest BCUT2D eigenvalue weighted by molar-refractivity contribution is -0.276. The minimum Gasteiger partial charge on any atom is -0.466 e. The fraction of sp³-hybridized carbons (Fsp3) is 0.500. The van der Waals surface area contributed by atoms with E-state index in [0.29, 0.717) is 6.20 Å². The lowest BCUT2D eigenvalue weighted by atomic mass is 10.0. The minimum atomic E-state index is -5.38. The van der Waals surface area contributed by atoms with E-state index in [9.17, 15) is 31.1 Å². The summed E-state index contributed by atoms with van der Waals surface area (Å²) in [5.74, 6) is -2.60. The van der Waals surface area contributed by atoms with E-state index in [1.807, 2.05) is 0 Å². The molecule has 0 aliphatic heterocycles. The summed E-state index contributed by atoms with van der Waals surface area (Å²) in [5, 5.41) is 0. The molecule has 0 aliphatic carbocycles. The van der Waals surface area contributed by atoms with Crippen molar-refractivity contribution in [2.24, 2.45) is 5.73 Å². The fourth-order valence-corrected chi connectivity index (χ4v) is 1.75. The first-order valence-electron chi connectivity index (χ1n) is 6.19. The third-order valence-corrected chi connectivity index (χ3v) is 2.52. The highest BCUT2D eigenvalue weighted by atomic mass is 19.4. The molecule has 0 amide bonds. The van der Waals surface area contributed by atoms with Crippen LogP contribution in [0, 0.1) is 0 Å². The second-order valence-electron chi connectivity index (χ2n) is 4.17. The number of hydrogen-bond donors (Lipinski definition) is 1. The van der Waals surface area contributed by atoms with E-state index in [-0.39, 0.29) is 6.61 Å². The number of carbonyl (C=O) groups excluding carboxylic acids is 1. The van der Waals surface area contributed by atoms with Crippen LogP contribution in [0.15, 0.2) is 6.20 Å². The molecule has 23 heavy (non-hydrogen) atoms. The molecule has 0 radical (unpaired) electrons. The van der Waals surface area contributed by atoms with Gasteiger partial charge in [0.25, 0.3) is 0 Å². The summed E-state index contributed by atoms with van der Waals surface area (Å²) in [5.41, 5.74) is 1.83. The molecule has 0 bridgehead atoms. The molecular weight excluding hydrogens is 334 g/mol. The zero-order chi connectivity index (χ0) is 17.8. The highest BCUT2D eigenvalue weighted by Gasteiger charge is 2.43. The van der Waals surface area contributed by atoms with E-state index in [2.05, 4.69) is 14.5 Å². The van der Waals surface area contributed by atoms with Crippen LogP contribution in [0.25, 0.3) is 0 Å². The molecule has 0 atom stereocenters. The highest BCUT2D eigenvalue weighted by Crippen LogP contribution is 2.42. The molecule has 1 rings (SSSR count). The van der Waals surface area contributed by atoms with Gasteiger partial charge in [0, 0.05) is 12.7 Å². The standard InChI is InChI=1S/C12H12F6N2O3/c1-2-22-8(21)3-6-5-20-7(4-19)10(23-12(16,17)18)9(6)11(13,14)15/h5H,2-4,19H2,1H3. The smallest absolute Gasteiger partial charge is 0.466 e. The quantitative estimate of drug-likeness (QED) is 0.655. The number of hydrogen-bond acceptors (Lipinski definition) is 5. The second kappa shape index (κ2) is 7.02. The van der Waals surface area contributed by atoms with E-state index in [0.717, 1.165) is 0 Å². The number of nitrogens with two attached hydrogens (primary N) is 1. The van der Waals surface area contributed by atoms with Crippen molar-refractivity contribution in [3.8, 4) is 5.75 Å². The Kier molecular flexibility index (Phi) is 5.81. The van der Waals surface area contributed by atoms with Crippen molar-refractivity contribution in [3.63, 3.8) is 0 Å². The normalized spacial score (nSPS) is 12.2. The Morgan fingerprint density at radius 2 is 1.87 bits per heavy atom. The van der Waals surface area contributed by atoms with Crippen LogP contribution in [-0.4, -0.2) is 23.9 Å². The van der Waals surface area contributed by atoms with Gasteiger partial charge in [-0.25, -0.2) is 0 Å². The van der Waals surface area contributed by atoms with Crippen LogP contribution in [0.5, 0.6) is 5.75 Å². The molecule has 1 aromatic heterocycles. The number of carbonyl (C=O) groups is 1. The topological polar surface area (TPSA) is 74.4 Å². The Morgan fingerprint density at radius 3 is 2.30 bits per heavy atom. The van der Waals surface area contributed by atoms with Crippen LogP contribution in [0.4, 0.5) is 26.3 Å². The maximum Gasteiger partial charge on any atom is 0.573 e. The molecule has 0 saturated carbocycles. The van der Waals surface area contributed by atoms with Crippen molar-refractivity contribution in [2.75, 3.05) is 6.61 Å². The number of pyridine rings is 1. The fourth-order valence-electron chi connectivity index (χ4n) is 1.75. The molecule has 1 aromatic rings. The number of alkyl halides is 6. The SMILES string of the molecule is CCOC(=O)Cc1cnc(CN)c(OC(F)(F)F)c1C(F)(F)F. The van der Waals surface area contributed by atoms with Gasteiger partial charge in [0.1, 0.15) is 5.56 Å². The Morgan fingerprint density at radius 1 is 1.26 bits per heavy atom. The van der Waals surface area contributed by atoms with Crippen molar-refractivity contribution in [3.05, 3.63) is 23.0 Å². The number of rotatable bonds is 5. The lowest BCUT2D eigenvalue weighted by Crippen LogP contribution is -2.24. The average Bonchev–Trinajstić information content (AvgIpc) is 2.35. The number of nitrogens with zero attached hydrogens (tertiary/aromatic N) is 1. The Hall–Kier alpha value is -2.04. The van der Waals surface area contributed by atoms with Crippen LogP contribution in [0.1, 0.15) is 23.7 Å². The van der Waals surface area contributed by atoms with E-state index < -0.39 is 54.0 Å². The number of halogens is 6. The highest BCUT2D eigenvalue weighted by molar-refractivity contribution is 5.73. The number of aromatic nitrogens is 1. The minimum absolute atomic E-state index is 0.0968.